The molecule has 2 aliphatic heterocycles. The van der Waals surface area contributed by atoms with E-state index in [-0.39, 0.29) is 6.61 Å². The Hall–Kier alpha value is -0.940. The van der Waals surface area contributed by atoms with Crippen molar-refractivity contribution in [1.29, 1.82) is 0 Å². The molecule has 1 fully saturated rings. The predicted molar refractivity (Wildman–Crippen MR) is 77.2 cm³/mol. The molecule has 2 N–H and O–H groups in total. The molecule has 1 spiro atoms. The highest BCUT2D eigenvalue weighted by molar-refractivity contribution is 5.36. The van der Waals surface area contributed by atoms with Crippen molar-refractivity contribution in [2.75, 3.05) is 13.2 Å². The number of aliphatic hydroxyl groups excluding tert-OH is 2. The van der Waals surface area contributed by atoms with E-state index in [0.717, 1.165) is 12.0 Å². The van der Waals surface area contributed by atoms with Crippen molar-refractivity contribution < 1.29 is 19.7 Å². The zero-order valence-electron chi connectivity index (χ0n) is 12.2. The quantitative estimate of drug-likeness (QED) is 0.831. The zero-order valence-corrected chi connectivity index (χ0v) is 12.2. The van der Waals surface area contributed by atoms with Gasteiger partial charge in [0.2, 0.25) is 0 Å². The first-order valence-electron chi connectivity index (χ1n) is 7.25. The highest BCUT2D eigenvalue weighted by atomic mass is 16.7. The van der Waals surface area contributed by atoms with Crippen molar-refractivity contribution in [1.82, 2.24) is 0 Å². The zero-order chi connectivity index (χ0) is 14.6. The van der Waals surface area contributed by atoms with Gasteiger partial charge in [0.05, 0.1) is 19.3 Å². The van der Waals surface area contributed by atoms with Crippen molar-refractivity contribution in [3.05, 3.63) is 35.5 Å². The second-order valence-electron chi connectivity index (χ2n) is 5.39. The van der Waals surface area contributed by atoms with Crippen LogP contribution in [-0.2, 0) is 9.47 Å². The summed E-state index contributed by atoms with van der Waals surface area (Å²) in [5, 5.41) is 19.4. The number of allylic oxidation sites excluding steroid dienone is 3. The molecule has 0 aromatic heterocycles. The van der Waals surface area contributed by atoms with Gasteiger partial charge in [-0.25, -0.2) is 0 Å². The summed E-state index contributed by atoms with van der Waals surface area (Å²) in [6.07, 6.45) is 8.55. The van der Waals surface area contributed by atoms with Crippen LogP contribution in [0.4, 0.5) is 0 Å². The lowest BCUT2D eigenvalue weighted by Gasteiger charge is -2.43. The number of hydrogen-bond acceptors (Lipinski definition) is 4. The Kier molecular flexibility index (Phi) is 5.16. The average Bonchev–Trinajstić information content (AvgIpc) is 2.44. The van der Waals surface area contributed by atoms with E-state index in [9.17, 15) is 10.2 Å². The van der Waals surface area contributed by atoms with Gasteiger partial charge in [0, 0.05) is 12.8 Å². The number of hydrogen-bond donors (Lipinski definition) is 2. The predicted octanol–water partition coefficient (Wildman–Crippen LogP) is 2.08. The van der Waals surface area contributed by atoms with Gasteiger partial charge in [0.15, 0.2) is 5.79 Å². The summed E-state index contributed by atoms with van der Waals surface area (Å²) in [5.74, 6) is -0.795. The molecule has 1 saturated heterocycles. The van der Waals surface area contributed by atoms with Gasteiger partial charge >= 0.3 is 0 Å². The smallest absolute Gasteiger partial charge is 0.175 e. The standard InChI is InChI=1S/C16H24O4/c1-3-5-7-12-8-16(19-10-13(12)6-4-2)9-14(17)15(18)11-20-16/h4-7,14-15,17-18H,3,8-11H2,1-2H3/b6-4-,7-5-. The van der Waals surface area contributed by atoms with Crippen LogP contribution in [-0.4, -0.2) is 41.4 Å². The Morgan fingerprint density at radius 2 is 2.00 bits per heavy atom. The van der Waals surface area contributed by atoms with E-state index < -0.39 is 18.0 Å². The fraction of sp³-hybridized carbons (Fsp3) is 0.625. The first kappa shape index (κ1) is 15.4. The molecular weight excluding hydrogens is 256 g/mol. The van der Waals surface area contributed by atoms with E-state index in [2.05, 4.69) is 25.2 Å². The fourth-order valence-electron chi connectivity index (χ4n) is 2.62. The van der Waals surface area contributed by atoms with Crippen LogP contribution in [0.25, 0.3) is 0 Å². The summed E-state index contributed by atoms with van der Waals surface area (Å²) in [5.41, 5.74) is 2.33. The molecule has 0 radical (unpaired) electrons. The molecule has 20 heavy (non-hydrogen) atoms. The summed E-state index contributed by atoms with van der Waals surface area (Å²) in [4.78, 5) is 0. The first-order chi connectivity index (χ1) is 9.60. The highest BCUT2D eigenvalue weighted by Gasteiger charge is 2.44. The third-order valence-corrected chi connectivity index (χ3v) is 3.77. The summed E-state index contributed by atoms with van der Waals surface area (Å²) in [6, 6.07) is 0. The molecule has 112 valence electrons. The van der Waals surface area contributed by atoms with Crippen LogP contribution < -0.4 is 0 Å². The van der Waals surface area contributed by atoms with Crippen molar-refractivity contribution in [3.8, 4) is 0 Å². The molecule has 2 heterocycles. The Morgan fingerprint density at radius 3 is 2.65 bits per heavy atom. The van der Waals surface area contributed by atoms with Gasteiger partial charge in [-0.2, -0.15) is 0 Å². The van der Waals surface area contributed by atoms with Crippen LogP contribution in [0.3, 0.4) is 0 Å². The van der Waals surface area contributed by atoms with Crippen LogP contribution in [0.5, 0.6) is 0 Å². The van der Waals surface area contributed by atoms with Gasteiger partial charge in [-0.05, 0) is 24.5 Å². The molecular formula is C16H24O4. The molecule has 2 rings (SSSR count). The normalized spacial score (nSPS) is 35.6. The monoisotopic (exact) mass is 280 g/mol. The highest BCUT2D eigenvalue weighted by Crippen LogP contribution is 2.38. The fourth-order valence-corrected chi connectivity index (χ4v) is 2.62. The summed E-state index contributed by atoms with van der Waals surface area (Å²) < 4.78 is 11.6. The minimum Gasteiger partial charge on any atom is -0.390 e. The second-order valence-corrected chi connectivity index (χ2v) is 5.39. The van der Waals surface area contributed by atoms with E-state index >= 15 is 0 Å². The third-order valence-electron chi connectivity index (χ3n) is 3.77. The average molecular weight is 280 g/mol. The molecule has 0 aromatic rings. The summed E-state index contributed by atoms with van der Waals surface area (Å²) in [7, 11) is 0. The molecule has 3 atom stereocenters. The Balaban J connectivity index is 2.20. The minimum absolute atomic E-state index is 0.116. The largest absolute Gasteiger partial charge is 0.390 e. The maximum absolute atomic E-state index is 9.87. The van der Waals surface area contributed by atoms with E-state index in [1.165, 1.54) is 5.57 Å². The Labute approximate surface area is 120 Å². The maximum atomic E-state index is 9.87. The van der Waals surface area contributed by atoms with Crippen LogP contribution in [0, 0.1) is 0 Å². The van der Waals surface area contributed by atoms with Crippen LogP contribution in [0.2, 0.25) is 0 Å². The molecule has 0 aliphatic carbocycles. The van der Waals surface area contributed by atoms with E-state index in [0.29, 0.717) is 19.4 Å². The van der Waals surface area contributed by atoms with Gasteiger partial charge in [-0.15, -0.1) is 0 Å². The van der Waals surface area contributed by atoms with Gasteiger partial charge in [0.1, 0.15) is 6.10 Å². The van der Waals surface area contributed by atoms with E-state index in [4.69, 9.17) is 9.47 Å². The number of aliphatic hydroxyl groups is 2. The molecule has 2 aliphatic rings. The molecule has 0 saturated carbocycles. The Bertz CT molecular complexity index is 424. The second kappa shape index (κ2) is 6.68. The first-order valence-corrected chi connectivity index (χ1v) is 7.25. The maximum Gasteiger partial charge on any atom is 0.175 e. The Morgan fingerprint density at radius 1 is 1.20 bits per heavy atom. The molecule has 0 amide bonds. The van der Waals surface area contributed by atoms with Crippen molar-refractivity contribution in [2.24, 2.45) is 0 Å². The van der Waals surface area contributed by atoms with Gasteiger partial charge in [-0.1, -0.05) is 31.2 Å². The molecule has 3 unspecified atom stereocenters. The topological polar surface area (TPSA) is 58.9 Å². The van der Waals surface area contributed by atoms with Crippen molar-refractivity contribution in [2.45, 2.75) is 51.1 Å². The SMILES string of the molecule is C/C=C\C1=C(/C=C\CC)CC2(CC(O)C(O)CO2)OC1. The van der Waals surface area contributed by atoms with Crippen LogP contribution >= 0.6 is 0 Å². The van der Waals surface area contributed by atoms with E-state index in [1.807, 2.05) is 13.0 Å². The van der Waals surface area contributed by atoms with Gasteiger partial charge in [0.25, 0.3) is 0 Å². The number of ether oxygens (including phenoxy) is 2. The van der Waals surface area contributed by atoms with Gasteiger partial charge in [-0.3, -0.25) is 0 Å². The van der Waals surface area contributed by atoms with Gasteiger partial charge < -0.3 is 19.7 Å². The lowest BCUT2D eigenvalue weighted by Crippen LogP contribution is -2.52. The van der Waals surface area contributed by atoms with Crippen LogP contribution in [0.1, 0.15) is 33.1 Å². The minimum atomic E-state index is -0.820. The molecule has 4 nitrogen and oxygen atoms in total. The third kappa shape index (κ3) is 3.38. The molecule has 4 heteroatoms. The lowest BCUT2D eigenvalue weighted by atomic mass is 9.89. The number of rotatable bonds is 3. The summed E-state index contributed by atoms with van der Waals surface area (Å²) in [6.45, 7) is 4.66. The van der Waals surface area contributed by atoms with Crippen molar-refractivity contribution in [3.63, 3.8) is 0 Å². The lowest BCUT2D eigenvalue weighted by molar-refractivity contribution is -0.291. The van der Waals surface area contributed by atoms with Crippen molar-refractivity contribution >= 4 is 0 Å². The van der Waals surface area contributed by atoms with E-state index in [1.54, 1.807) is 0 Å². The summed E-state index contributed by atoms with van der Waals surface area (Å²) >= 11 is 0. The van der Waals surface area contributed by atoms with Crippen LogP contribution in [0.15, 0.2) is 35.5 Å². The molecule has 0 bridgehead atoms. The molecule has 0 aromatic carbocycles.